The predicted molar refractivity (Wildman–Crippen MR) is 81.3 cm³/mol. The highest BCUT2D eigenvalue weighted by Gasteiger charge is 2.24. The first-order chi connectivity index (χ1) is 10.3. The van der Waals surface area contributed by atoms with Crippen LogP contribution in [-0.4, -0.2) is 30.4 Å². The molecule has 0 saturated heterocycles. The van der Waals surface area contributed by atoms with E-state index in [9.17, 15) is 20.4 Å². The fraction of sp³-hybridized carbons (Fsp3) is 0.375. The number of hydrogen-bond acceptors (Lipinski definition) is 6. The minimum absolute atomic E-state index is 0.240. The highest BCUT2D eigenvalue weighted by atomic mass is 16.5. The third-order valence-corrected chi connectivity index (χ3v) is 3.14. The van der Waals surface area contributed by atoms with Gasteiger partial charge in [0.25, 0.3) is 0 Å². The maximum atomic E-state index is 9.29. The molecule has 4 N–H and O–H groups in total. The average Bonchev–Trinajstić information content (AvgIpc) is 2.57. The van der Waals surface area contributed by atoms with Gasteiger partial charge in [-0.2, -0.15) is 0 Å². The van der Waals surface area contributed by atoms with Crippen molar-refractivity contribution >= 4 is 0 Å². The Morgan fingerprint density at radius 3 is 1.32 bits per heavy atom. The summed E-state index contributed by atoms with van der Waals surface area (Å²) >= 11 is 0. The number of nitrogens with zero attached hydrogens (tertiary/aromatic N) is 2. The second-order valence-electron chi connectivity index (χ2n) is 4.77. The second-order valence-corrected chi connectivity index (χ2v) is 4.77. The van der Waals surface area contributed by atoms with Crippen LogP contribution in [0.15, 0.2) is 48.8 Å². The van der Waals surface area contributed by atoms with Crippen LogP contribution in [0.3, 0.4) is 0 Å². The molecule has 0 saturated carbocycles. The summed E-state index contributed by atoms with van der Waals surface area (Å²) in [5.74, 6) is -3.55. The van der Waals surface area contributed by atoms with Crippen LogP contribution in [0.25, 0.3) is 0 Å². The van der Waals surface area contributed by atoms with Gasteiger partial charge in [-0.05, 0) is 24.3 Å². The highest BCUT2D eigenvalue weighted by molar-refractivity contribution is 5.09. The molecule has 0 radical (unpaired) electrons. The van der Waals surface area contributed by atoms with E-state index in [-0.39, 0.29) is 12.8 Å². The molecule has 0 aliphatic heterocycles. The first-order valence-corrected chi connectivity index (χ1v) is 7.06. The Morgan fingerprint density at radius 1 is 0.727 bits per heavy atom. The maximum absolute atomic E-state index is 9.29. The summed E-state index contributed by atoms with van der Waals surface area (Å²) in [4.78, 5) is 7.64. The van der Waals surface area contributed by atoms with Gasteiger partial charge >= 0.3 is 0 Å². The van der Waals surface area contributed by atoms with Crippen molar-refractivity contribution in [2.24, 2.45) is 0 Å². The molecule has 0 amide bonds. The van der Waals surface area contributed by atoms with Crippen molar-refractivity contribution < 1.29 is 20.4 Å². The monoisotopic (exact) mass is 306 g/mol. The van der Waals surface area contributed by atoms with Crippen molar-refractivity contribution in [3.8, 4) is 0 Å². The molecule has 0 unspecified atom stereocenters. The molecular formula is C16H22N2O4. The van der Waals surface area contributed by atoms with Gasteiger partial charge in [-0.3, -0.25) is 9.97 Å². The fourth-order valence-electron chi connectivity index (χ4n) is 1.56. The molecule has 0 aliphatic rings. The molecule has 0 atom stereocenters. The van der Waals surface area contributed by atoms with Gasteiger partial charge in [0.05, 0.1) is 11.4 Å². The molecule has 0 fully saturated rings. The van der Waals surface area contributed by atoms with Crippen molar-refractivity contribution in [2.45, 2.75) is 38.3 Å². The molecule has 0 bridgehead atoms. The van der Waals surface area contributed by atoms with Crippen LogP contribution in [0.4, 0.5) is 0 Å². The van der Waals surface area contributed by atoms with E-state index >= 15 is 0 Å². The summed E-state index contributed by atoms with van der Waals surface area (Å²) < 4.78 is 0. The number of pyridine rings is 2. The Bertz CT molecular complexity index is 493. The zero-order chi connectivity index (χ0) is 16.6. The van der Waals surface area contributed by atoms with Crippen LogP contribution in [0.2, 0.25) is 0 Å². The largest absolute Gasteiger partial charge is 0.361 e. The SMILES string of the molecule is CCC(O)(O)c1ccccn1.CCC(O)(O)c1ccccn1. The smallest absolute Gasteiger partial charge is 0.206 e. The third-order valence-electron chi connectivity index (χ3n) is 3.14. The minimum Gasteiger partial charge on any atom is -0.361 e. The van der Waals surface area contributed by atoms with Crippen LogP contribution in [0.1, 0.15) is 38.1 Å². The van der Waals surface area contributed by atoms with Crippen molar-refractivity contribution in [3.63, 3.8) is 0 Å². The molecule has 6 nitrogen and oxygen atoms in total. The van der Waals surface area contributed by atoms with Crippen LogP contribution >= 0.6 is 0 Å². The number of aliphatic hydroxyl groups is 4. The Labute approximate surface area is 129 Å². The maximum Gasteiger partial charge on any atom is 0.206 e. The first-order valence-electron chi connectivity index (χ1n) is 7.06. The Kier molecular flexibility index (Phi) is 6.58. The van der Waals surface area contributed by atoms with Crippen LogP contribution < -0.4 is 0 Å². The molecule has 120 valence electrons. The molecule has 0 aliphatic carbocycles. The van der Waals surface area contributed by atoms with E-state index in [4.69, 9.17) is 0 Å². The Morgan fingerprint density at radius 2 is 1.09 bits per heavy atom. The second kappa shape index (κ2) is 7.95. The molecule has 2 aromatic heterocycles. The Hall–Kier alpha value is -1.86. The topological polar surface area (TPSA) is 107 Å². The van der Waals surface area contributed by atoms with Gasteiger partial charge in [-0.1, -0.05) is 26.0 Å². The predicted octanol–water partition coefficient (Wildman–Crippen LogP) is 1.26. The normalized spacial score (nSPS) is 11.5. The van der Waals surface area contributed by atoms with Crippen molar-refractivity contribution in [2.75, 3.05) is 0 Å². The van der Waals surface area contributed by atoms with Crippen LogP contribution in [0.5, 0.6) is 0 Å². The average molecular weight is 306 g/mol. The summed E-state index contributed by atoms with van der Waals surface area (Å²) in [5, 5.41) is 37.2. The lowest BCUT2D eigenvalue weighted by atomic mass is 10.1. The van der Waals surface area contributed by atoms with E-state index in [0.717, 1.165) is 0 Å². The molecule has 6 heteroatoms. The van der Waals surface area contributed by atoms with E-state index in [2.05, 4.69) is 9.97 Å². The van der Waals surface area contributed by atoms with E-state index in [1.165, 1.54) is 12.4 Å². The molecule has 2 heterocycles. The lowest BCUT2D eigenvalue weighted by molar-refractivity contribution is -0.174. The van der Waals surface area contributed by atoms with Crippen LogP contribution in [-0.2, 0) is 11.6 Å². The van der Waals surface area contributed by atoms with E-state index in [1.807, 2.05) is 0 Å². The minimum atomic E-state index is -1.78. The fourth-order valence-corrected chi connectivity index (χ4v) is 1.56. The van der Waals surface area contributed by atoms with Gasteiger partial charge in [0.1, 0.15) is 0 Å². The molecule has 2 rings (SSSR count). The van der Waals surface area contributed by atoms with Gasteiger partial charge in [0.15, 0.2) is 0 Å². The van der Waals surface area contributed by atoms with Crippen molar-refractivity contribution in [1.82, 2.24) is 9.97 Å². The van der Waals surface area contributed by atoms with E-state index in [1.54, 1.807) is 50.2 Å². The summed E-state index contributed by atoms with van der Waals surface area (Å²) in [6.45, 7) is 3.38. The summed E-state index contributed by atoms with van der Waals surface area (Å²) in [5.41, 5.74) is 0.588. The number of hydrogen-bond donors (Lipinski definition) is 4. The van der Waals surface area contributed by atoms with Gasteiger partial charge in [0, 0.05) is 25.2 Å². The number of rotatable bonds is 4. The molecule has 0 spiro atoms. The highest BCUT2D eigenvalue weighted by Crippen LogP contribution is 2.18. The van der Waals surface area contributed by atoms with Gasteiger partial charge in [0.2, 0.25) is 11.6 Å². The first kappa shape index (κ1) is 18.2. The van der Waals surface area contributed by atoms with Crippen molar-refractivity contribution in [1.29, 1.82) is 0 Å². The quantitative estimate of drug-likeness (QED) is 0.634. The number of aromatic nitrogens is 2. The van der Waals surface area contributed by atoms with Crippen molar-refractivity contribution in [3.05, 3.63) is 60.2 Å². The molecule has 22 heavy (non-hydrogen) atoms. The standard InChI is InChI=1S/2C8H11NO2/c2*1-2-8(10,11)7-5-3-4-6-9-7/h2*3-6,10-11H,2H2,1H3. The summed E-state index contributed by atoms with van der Waals surface area (Å²) in [6.07, 6.45) is 3.55. The van der Waals surface area contributed by atoms with E-state index in [0.29, 0.717) is 11.4 Å². The zero-order valence-corrected chi connectivity index (χ0v) is 12.7. The Balaban J connectivity index is 0.000000220. The summed E-state index contributed by atoms with van der Waals surface area (Å²) in [6, 6.07) is 10.1. The molecule has 0 aromatic carbocycles. The molecule has 2 aromatic rings. The van der Waals surface area contributed by atoms with Gasteiger partial charge in [-0.15, -0.1) is 0 Å². The lowest BCUT2D eigenvalue weighted by Crippen LogP contribution is -2.24. The van der Waals surface area contributed by atoms with Crippen LogP contribution in [0, 0.1) is 0 Å². The van der Waals surface area contributed by atoms with Gasteiger partial charge < -0.3 is 20.4 Å². The lowest BCUT2D eigenvalue weighted by Gasteiger charge is -2.18. The van der Waals surface area contributed by atoms with Gasteiger partial charge in [-0.25, -0.2) is 0 Å². The zero-order valence-electron chi connectivity index (χ0n) is 12.7. The third kappa shape index (κ3) is 5.16. The van der Waals surface area contributed by atoms with E-state index < -0.39 is 11.6 Å². The molecular weight excluding hydrogens is 284 g/mol. The summed E-state index contributed by atoms with van der Waals surface area (Å²) in [7, 11) is 0.